The second kappa shape index (κ2) is 10.1. The lowest BCUT2D eigenvalue weighted by molar-refractivity contribution is 0.0692. The first-order valence-corrected chi connectivity index (χ1v) is 13.2. The number of aromatic nitrogens is 5. The van der Waals surface area contributed by atoms with Gasteiger partial charge < -0.3 is 4.90 Å². The number of piperidine rings is 1. The maximum Gasteiger partial charge on any atom is 0.273 e. The number of aryl methyl sites for hydroxylation is 1. The lowest BCUT2D eigenvalue weighted by Crippen LogP contribution is -2.38. The predicted molar refractivity (Wildman–Crippen MR) is 135 cm³/mol. The highest BCUT2D eigenvalue weighted by molar-refractivity contribution is 7.98. The molecule has 1 fully saturated rings. The molecule has 0 atom stereocenters. The number of rotatable bonds is 6. The SMILES string of the molecule is Cc1ccc(-n2c(SCc3nc(C(=O)N4CCC(C)CC4)cs3)nnc2-c2ccncc2)cc1. The maximum absolute atomic E-state index is 12.9. The summed E-state index contributed by atoms with van der Waals surface area (Å²) in [5.41, 5.74) is 3.69. The van der Waals surface area contributed by atoms with Gasteiger partial charge in [0.2, 0.25) is 0 Å². The highest BCUT2D eigenvalue weighted by atomic mass is 32.2. The molecule has 0 unspecified atom stereocenters. The third kappa shape index (κ3) is 4.90. The number of amides is 1. The fourth-order valence-electron chi connectivity index (χ4n) is 3.95. The standard InChI is InChI=1S/C25H26N6OS2/c1-17-3-5-20(6-4-17)31-23(19-7-11-26-12-8-19)28-29-25(31)34-16-22-27-21(15-33-22)24(32)30-13-9-18(2)10-14-30/h3-8,11-12,15,18H,9-10,13-14,16H2,1-2H3. The van der Waals surface area contributed by atoms with Crippen molar-refractivity contribution in [1.29, 1.82) is 0 Å². The van der Waals surface area contributed by atoms with Crippen molar-refractivity contribution in [2.24, 2.45) is 5.92 Å². The van der Waals surface area contributed by atoms with Gasteiger partial charge in [0.1, 0.15) is 10.7 Å². The van der Waals surface area contributed by atoms with Gasteiger partial charge in [-0.3, -0.25) is 14.3 Å². The minimum absolute atomic E-state index is 0.0437. The van der Waals surface area contributed by atoms with E-state index in [1.54, 1.807) is 24.2 Å². The quantitative estimate of drug-likeness (QED) is 0.343. The van der Waals surface area contributed by atoms with Crippen molar-refractivity contribution in [1.82, 2.24) is 29.6 Å². The van der Waals surface area contributed by atoms with Gasteiger partial charge in [-0.05, 0) is 49.9 Å². The Morgan fingerprint density at radius 2 is 1.82 bits per heavy atom. The molecular weight excluding hydrogens is 464 g/mol. The van der Waals surface area contributed by atoms with E-state index in [1.165, 1.54) is 16.9 Å². The van der Waals surface area contributed by atoms with Crippen LogP contribution in [0.3, 0.4) is 0 Å². The molecule has 0 spiro atoms. The van der Waals surface area contributed by atoms with Crippen LogP contribution in [0.2, 0.25) is 0 Å². The Balaban J connectivity index is 1.36. The van der Waals surface area contributed by atoms with Crippen molar-refractivity contribution in [3.8, 4) is 17.1 Å². The number of hydrogen-bond acceptors (Lipinski definition) is 7. The highest BCUT2D eigenvalue weighted by Gasteiger charge is 2.23. The van der Waals surface area contributed by atoms with Crippen LogP contribution < -0.4 is 0 Å². The van der Waals surface area contributed by atoms with E-state index in [0.717, 1.165) is 53.2 Å². The van der Waals surface area contributed by atoms with Crippen LogP contribution in [0.4, 0.5) is 0 Å². The van der Waals surface area contributed by atoms with Crippen molar-refractivity contribution >= 4 is 29.0 Å². The zero-order chi connectivity index (χ0) is 23.5. The molecule has 5 rings (SSSR count). The van der Waals surface area contributed by atoms with Crippen LogP contribution in [0.5, 0.6) is 0 Å². The van der Waals surface area contributed by atoms with Gasteiger partial charge in [0, 0.05) is 42.1 Å². The number of nitrogens with zero attached hydrogens (tertiary/aromatic N) is 6. The molecule has 1 saturated heterocycles. The van der Waals surface area contributed by atoms with E-state index in [1.807, 2.05) is 22.4 Å². The lowest BCUT2D eigenvalue weighted by Gasteiger charge is -2.29. The van der Waals surface area contributed by atoms with Crippen LogP contribution in [0.25, 0.3) is 17.1 Å². The Bertz CT molecular complexity index is 1260. The average molecular weight is 491 g/mol. The number of thiazole rings is 1. The highest BCUT2D eigenvalue weighted by Crippen LogP contribution is 2.30. The summed E-state index contributed by atoms with van der Waals surface area (Å²) < 4.78 is 2.06. The van der Waals surface area contributed by atoms with Crippen LogP contribution in [-0.4, -0.2) is 48.6 Å². The molecule has 7 nitrogen and oxygen atoms in total. The molecule has 1 aliphatic rings. The van der Waals surface area contributed by atoms with Gasteiger partial charge in [0.25, 0.3) is 5.91 Å². The molecule has 4 heterocycles. The summed E-state index contributed by atoms with van der Waals surface area (Å²) in [5, 5.41) is 12.5. The third-order valence-electron chi connectivity index (χ3n) is 6.03. The van der Waals surface area contributed by atoms with Gasteiger partial charge >= 0.3 is 0 Å². The van der Waals surface area contributed by atoms with Gasteiger partial charge in [-0.25, -0.2) is 4.98 Å². The number of carbonyl (C=O) groups excluding carboxylic acids is 1. The number of benzene rings is 1. The normalized spacial score (nSPS) is 14.5. The van der Waals surface area contributed by atoms with E-state index < -0.39 is 0 Å². The van der Waals surface area contributed by atoms with Gasteiger partial charge in [-0.1, -0.05) is 36.4 Å². The largest absolute Gasteiger partial charge is 0.337 e. The van der Waals surface area contributed by atoms with Crippen molar-refractivity contribution in [2.45, 2.75) is 37.6 Å². The Labute approximate surface area is 207 Å². The molecule has 9 heteroatoms. The van der Waals surface area contributed by atoms with Gasteiger partial charge in [0.15, 0.2) is 11.0 Å². The molecule has 0 radical (unpaired) electrons. The van der Waals surface area contributed by atoms with Crippen LogP contribution in [0, 0.1) is 12.8 Å². The number of likely N-dealkylation sites (tertiary alicyclic amines) is 1. The summed E-state index contributed by atoms with van der Waals surface area (Å²) in [6.07, 6.45) is 5.64. The van der Waals surface area contributed by atoms with Gasteiger partial charge in [-0.2, -0.15) is 0 Å². The zero-order valence-electron chi connectivity index (χ0n) is 19.2. The molecule has 0 N–H and O–H groups in total. The monoisotopic (exact) mass is 490 g/mol. The first-order valence-electron chi connectivity index (χ1n) is 11.4. The average Bonchev–Trinajstić information content (AvgIpc) is 3.51. The first-order chi connectivity index (χ1) is 16.6. The summed E-state index contributed by atoms with van der Waals surface area (Å²) >= 11 is 3.10. The van der Waals surface area contributed by atoms with E-state index >= 15 is 0 Å². The predicted octanol–water partition coefficient (Wildman–Crippen LogP) is 5.26. The molecule has 1 aliphatic heterocycles. The first kappa shape index (κ1) is 22.7. The Hall–Kier alpha value is -3.04. The second-order valence-electron chi connectivity index (χ2n) is 8.60. The van der Waals surface area contributed by atoms with Gasteiger partial charge in [-0.15, -0.1) is 21.5 Å². The van der Waals surface area contributed by atoms with E-state index in [4.69, 9.17) is 0 Å². The number of hydrogen-bond donors (Lipinski definition) is 0. The summed E-state index contributed by atoms with van der Waals surface area (Å²) in [6.45, 7) is 5.95. The molecule has 0 bridgehead atoms. The van der Waals surface area contributed by atoms with Crippen LogP contribution >= 0.6 is 23.1 Å². The van der Waals surface area contributed by atoms with Crippen LogP contribution in [-0.2, 0) is 5.75 Å². The third-order valence-corrected chi connectivity index (χ3v) is 8.00. The summed E-state index contributed by atoms with van der Waals surface area (Å²) in [4.78, 5) is 23.5. The number of carbonyl (C=O) groups is 1. The summed E-state index contributed by atoms with van der Waals surface area (Å²) in [5.74, 6) is 2.12. The maximum atomic E-state index is 12.9. The molecule has 34 heavy (non-hydrogen) atoms. The molecule has 4 aromatic rings. The van der Waals surface area contributed by atoms with Crippen LogP contribution in [0.1, 0.15) is 40.8 Å². The molecular formula is C25H26N6OS2. The minimum atomic E-state index is 0.0437. The lowest BCUT2D eigenvalue weighted by atomic mass is 9.99. The molecule has 174 valence electrons. The van der Waals surface area contributed by atoms with Crippen molar-refractivity contribution in [3.63, 3.8) is 0 Å². The topological polar surface area (TPSA) is 76.8 Å². The van der Waals surface area contributed by atoms with E-state index in [-0.39, 0.29) is 5.91 Å². The van der Waals surface area contributed by atoms with E-state index in [0.29, 0.717) is 17.4 Å². The minimum Gasteiger partial charge on any atom is -0.337 e. The van der Waals surface area contributed by atoms with Crippen molar-refractivity contribution in [3.05, 3.63) is 70.4 Å². The fraction of sp³-hybridized carbons (Fsp3) is 0.320. The van der Waals surface area contributed by atoms with E-state index in [9.17, 15) is 4.79 Å². The summed E-state index contributed by atoms with van der Waals surface area (Å²) in [6, 6.07) is 12.2. The Morgan fingerprint density at radius 1 is 1.09 bits per heavy atom. The Morgan fingerprint density at radius 3 is 2.56 bits per heavy atom. The molecule has 1 amide bonds. The second-order valence-corrected chi connectivity index (χ2v) is 10.5. The van der Waals surface area contributed by atoms with Crippen molar-refractivity contribution < 1.29 is 4.79 Å². The van der Waals surface area contributed by atoms with Gasteiger partial charge in [0.05, 0.1) is 5.75 Å². The number of thioether (sulfide) groups is 1. The molecule has 3 aromatic heterocycles. The number of pyridine rings is 1. The molecule has 0 aliphatic carbocycles. The van der Waals surface area contributed by atoms with E-state index in [2.05, 4.69) is 62.8 Å². The van der Waals surface area contributed by atoms with Crippen LogP contribution in [0.15, 0.2) is 59.3 Å². The van der Waals surface area contributed by atoms with Crippen molar-refractivity contribution in [2.75, 3.05) is 13.1 Å². The molecule has 1 aromatic carbocycles. The zero-order valence-corrected chi connectivity index (χ0v) is 20.9. The smallest absolute Gasteiger partial charge is 0.273 e. The summed E-state index contributed by atoms with van der Waals surface area (Å²) in [7, 11) is 0. The fourth-order valence-corrected chi connectivity index (χ4v) is 5.69. The molecule has 0 saturated carbocycles. The Kier molecular flexibility index (Phi) is 6.73.